The van der Waals surface area contributed by atoms with Crippen LogP contribution in [0.25, 0.3) is 0 Å². The lowest BCUT2D eigenvalue weighted by atomic mass is 9.76. The van der Waals surface area contributed by atoms with Gasteiger partial charge in [-0.2, -0.15) is 0 Å². The summed E-state index contributed by atoms with van der Waals surface area (Å²) in [5.41, 5.74) is 1.73. The van der Waals surface area contributed by atoms with Crippen molar-refractivity contribution in [2.75, 3.05) is 53.7 Å². The van der Waals surface area contributed by atoms with Gasteiger partial charge in [0.05, 0.1) is 29.2 Å². The predicted octanol–water partition coefficient (Wildman–Crippen LogP) is 5.53. The molecular formula is C38H49Cl2N3O7. The van der Waals surface area contributed by atoms with E-state index in [1.54, 1.807) is 43.2 Å². The number of hydrogen-bond donors (Lipinski definition) is 2. The molecular weight excluding hydrogens is 681 g/mol. The number of aliphatic hydroxyl groups is 1. The number of halogens is 2. The highest BCUT2D eigenvalue weighted by molar-refractivity contribution is 6.37. The number of nitrogens with zero attached hydrogens (tertiary/aromatic N) is 2. The highest BCUT2D eigenvalue weighted by Gasteiger charge is 2.48. The third-order valence-corrected chi connectivity index (χ3v) is 9.92. The minimum Gasteiger partial charge on any atom is -0.491 e. The van der Waals surface area contributed by atoms with Crippen molar-refractivity contribution >= 4 is 29.1 Å². The number of carbonyl (C=O) groups excluding carboxylic acids is 1. The topological polar surface area (TPSA) is 111 Å². The molecule has 2 aromatic carbocycles. The van der Waals surface area contributed by atoms with Crippen LogP contribution < -0.4 is 20.3 Å². The molecule has 1 saturated carbocycles. The average molecular weight is 731 g/mol. The molecule has 2 aliphatic rings. The van der Waals surface area contributed by atoms with E-state index in [-0.39, 0.29) is 17.5 Å². The van der Waals surface area contributed by atoms with Gasteiger partial charge in [0.1, 0.15) is 18.0 Å². The number of ether oxygens (including phenoxy) is 4. The fourth-order valence-corrected chi connectivity index (χ4v) is 7.29. The summed E-state index contributed by atoms with van der Waals surface area (Å²) in [5, 5.41) is 16.4. The largest absolute Gasteiger partial charge is 0.491 e. The molecule has 0 radical (unpaired) electrons. The van der Waals surface area contributed by atoms with E-state index < -0.39 is 11.5 Å². The predicted molar refractivity (Wildman–Crippen MR) is 194 cm³/mol. The van der Waals surface area contributed by atoms with Gasteiger partial charge in [0.2, 0.25) is 5.91 Å². The summed E-state index contributed by atoms with van der Waals surface area (Å²) in [5.74, 6) is 0.285. The number of aryl methyl sites for hydroxylation is 3. The number of benzene rings is 2. The van der Waals surface area contributed by atoms with E-state index in [0.717, 1.165) is 48.1 Å². The maximum absolute atomic E-state index is 14.4. The maximum atomic E-state index is 14.4. The lowest BCUT2D eigenvalue weighted by molar-refractivity contribution is -0.150. The number of rotatable bonds is 18. The molecule has 10 nitrogen and oxygen atoms in total. The Morgan fingerprint density at radius 2 is 1.72 bits per heavy atom. The van der Waals surface area contributed by atoms with Gasteiger partial charge in [-0.1, -0.05) is 29.3 Å². The minimum absolute atomic E-state index is 0.101. The Hall–Kier alpha value is -3.12. The molecule has 2 fully saturated rings. The second-order valence-corrected chi connectivity index (χ2v) is 14.1. The summed E-state index contributed by atoms with van der Waals surface area (Å²) >= 11 is 12.6. The zero-order valence-electron chi connectivity index (χ0n) is 29.2. The highest BCUT2D eigenvalue weighted by atomic mass is 35.5. The Morgan fingerprint density at radius 3 is 2.42 bits per heavy atom. The van der Waals surface area contributed by atoms with Crippen LogP contribution in [0.5, 0.6) is 11.5 Å². The second-order valence-electron chi connectivity index (χ2n) is 13.3. The molecule has 1 aliphatic heterocycles. The van der Waals surface area contributed by atoms with E-state index in [4.69, 9.17) is 42.1 Å². The summed E-state index contributed by atoms with van der Waals surface area (Å²) in [7, 11) is 3.33. The number of amides is 1. The molecule has 1 saturated heterocycles. The first-order valence-electron chi connectivity index (χ1n) is 17.4. The summed E-state index contributed by atoms with van der Waals surface area (Å²) in [6.45, 7) is 5.41. The molecule has 0 unspecified atom stereocenters. The molecule has 2 N–H and O–H groups in total. The van der Waals surface area contributed by atoms with Crippen molar-refractivity contribution in [3.8, 4) is 11.5 Å². The molecule has 2 atom stereocenters. The standard InChI is InChI=1S/C38H49Cl2N3O7/c1-26-18-33(39)36(34(40)19-26)50-15-5-12-42-13-9-29(23-35(42)44)38(46)10-11-41-24-32(38)37(45)43(30-7-8-30)25-28-20-27(6-4-14-47-2)21-31(22-28)49-17-16-48-3/h9,13,18-23,30,32,41,46H,4-8,10-12,14-17,24-25H2,1-3H3/t32-,38-/m1/s1. The summed E-state index contributed by atoms with van der Waals surface area (Å²) < 4.78 is 23.8. The van der Waals surface area contributed by atoms with Crippen molar-refractivity contribution in [1.82, 2.24) is 14.8 Å². The fourth-order valence-electron chi connectivity index (χ4n) is 6.58. The summed E-state index contributed by atoms with van der Waals surface area (Å²) in [6.07, 6.45) is 6.05. The maximum Gasteiger partial charge on any atom is 0.250 e. The fraction of sp³-hybridized carbons (Fsp3) is 0.526. The lowest BCUT2D eigenvalue weighted by Gasteiger charge is -2.42. The van der Waals surface area contributed by atoms with Gasteiger partial charge in [-0.05, 0) is 105 Å². The molecule has 1 aliphatic carbocycles. The Morgan fingerprint density at radius 1 is 0.980 bits per heavy atom. The molecule has 50 heavy (non-hydrogen) atoms. The van der Waals surface area contributed by atoms with Crippen molar-refractivity contribution in [1.29, 1.82) is 0 Å². The quantitative estimate of drug-likeness (QED) is 0.165. The van der Waals surface area contributed by atoms with E-state index in [9.17, 15) is 14.7 Å². The molecule has 5 rings (SSSR count). The number of methoxy groups -OCH3 is 2. The van der Waals surface area contributed by atoms with Gasteiger partial charge in [0, 0.05) is 58.8 Å². The van der Waals surface area contributed by atoms with Crippen molar-refractivity contribution in [2.45, 2.75) is 70.2 Å². The number of nitrogens with one attached hydrogen (secondary N) is 1. The third kappa shape index (κ3) is 9.80. The average Bonchev–Trinajstić information content (AvgIpc) is 3.93. The van der Waals surface area contributed by atoms with E-state index in [2.05, 4.69) is 11.4 Å². The zero-order valence-corrected chi connectivity index (χ0v) is 30.7. The van der Waals surface area contributed by atoms with Gasteiger partial charge in [-0.25, -0.2) is 0 Å². The minimum atomic E-state index is -1.49. The molecule has 2 heterocycles. The Labute approximate surface area is 304 Å². The van der Waals surface area contributed by atoms with Gasteiger partial charge in [-0.3, -0.25) is 9.59 Å². The summed E-state index contributed by atoms with van der Waals surface area (Å²) in [4.78, 5) is 29.6. The van der Waals surface area contributed by atoms with Crippen LogP contribution in [-0.4, -0.2) is 80.3 Å². The summed E-state index contributed by atoms with van der Waals surface area (Å²) in [6, 6.07) is 13.1. The Bertz CT molecular complexity index is 1610. The van der Waals surface area contributed by atoms with Crippen molar-refractivity contribution in [2.24, 2.45) is 5.92 Å². The number of piperidine rings is 1. The van der Waals surface area contributed by atoms with E-state index in [1.165, 1.54) is 6.07 Å². The SMILES string of the molecule is COCCCc1cc(CN(C(=O)[C@H]2CNCC[C@@]2(O)c2ccn(CCCOc3c(Cl)cc(C)cc3Cl)c(=O)c2)C2CC2)cc(OCCOC)c1. The highest BCUT2D eigenvalue weighted by Crippen LogP contribution is 2.39. The van der Waals surface area contributed by atoms with Crippen LogP contribution in [0.1, 0.15) is 54.4 Å². The molecule has 0 spiro atoms. The van der Waals surface area contributed by atoms with Gasteiger partial charge in [0.25, 0.3) is 5.56 Å². The van der Waals surface area contributed by atoms with Crippen LogP contribution in [0.2, 0.25) is 10.0 Å². The van der Waals surface area contributed by atoms with Crippen LogP contribution in [0.3, 0.4) is 0 Å². The molecule has 1 amide bonds. The van der Waals surface area contributed by atoms with Crippen LogP contribution in [0.4, 0.5) is 0 Å². The van der Waals surface area contributed by atoms with Gasteiger partial charge >= 0.3 is 0 Å². The number of pyridine rings is 1. The van der Waals surface area contributed by atoms with E-state index >= 15 is 0 Å². The van der Waals surface area contributed by atoms with Crippen LogP contribution in [-0.2, 0) is 39.4 Å². The number of aromatic nitrogens is 1. The lowest BCUT2D eigenvalue weighted by Crippen LogP contribution is -2.55. The third-order valence-electron chi connectivity index (χ3n) is 9.35. The van der Waals surface area contributed by atoms with Gasteiger partial charge in [-0.15, -0.1) is 0 Å². The zero-order chi connectivity index (χ0) is 35.7. The number of hydrogen-bond acceptors (Lipinski definition) is 8. The molecule has 0 bridgehead atoms. The first-order chi connectivity index (χ1) is 24.1. The molecule has 12 heteroatoms. The van der Waals surface area contributed by atoms with E-state index in [1.807, 2.05) is 24.0 Å². The number of carbonyl (C=O) groups is 1. The van der Waals surface area contributed by atoms with Crippen LogP contribution in [0.15, 0.2) is 53.5 Å². The first kappa shape index (κ1) is 38.1. The van der Waals surface area contributed by atoms with Crippen LogP contribution >= 0.6 is 23.2 Å². The molecule has 272 valence electrons. The molecule has 3 aromatic rings. The van der Waals surface area contributed by atoms with Gasteiger partial charge in [0.15, 0.2) is 5.75 Å². The Balaban J connectivity index is 1.29. The Kier molecular flexibility index (Phi) is 13.6. The van der Waals surface area contributed by atoms with Gasteiger partial charge < -0.3 is 38.8 Å². The first-order valence-corrected chi connectivity index (χ1v) is 18.1. The second kappa shape index (κ2) is 17.9. The van der Waals surface area contributed by atoms with Crippen LogP contribution in [0, 0.1) is 12.8 Å². The smallest absolute Gasteiger partial charge is 0.250 e. The van der Waals surface area contributed by atoms with Crippen molar-refractivity contribution in [3.05, 3.63) is 91.3 Å². The van der Waals surface area contributed by atoms with Crippen molar-refractivity contribution < 1.29 is 28.8 Å². The monoisotopic (exact) mass is 729 g/mol. The molecule has 1 aromatic heterocycles. The normalized spacial score (nSPS) is 19.0. The van der Waals surface area contributed by atoms with Crippen molar-refractivity contribution in [3.63, 3.8) is 0 Å². The van der Waals surface area contributed by atoms with E-state index in [0.29, 0.717) is 86.8 Å².